The number of nitrogens with two attached hydrogens (primary N) is 1. The molecule has 1 aliphatic rings. The summed E-state index contributed by atoms with van der Waals surface area (Å²) in [6.07, 6.45) is 1.89. The number of carbonyl (C=O) groups excluding carboxylic acids is 2. The van der Waals surface area contributed by atoms with Crippen LogP contribution >= 0.6 is 0 Å². The van der Waals surface area contributed by atoms with Crippen LogP contribution in [0.3, 0.4) is 0 Å². The lowest BCUT2D eigenvalue weighted by Gasteiger charge is -2.34. The smallest absolute Gasteiger partial charge is 0.268 e. The summed E-state index contributed by atoms with van der Waals surface area (Å²) in [5, 5.41) is 2.82. The number of ether oxygens (including phenoxy) is 1. The highest BCUT2D eigenvalue weighted by atomic mass is 16.5. The number of fused-ring (bicyclic) bond motifs is 1. The summed E-state index contributed by atoms with van der Waals surface area (Å²) >= 11 is 0. The van der Waals surface area contributed by atoms with Gasteiger partial charge in [-0.1, -0.05) is 26.3 Å². The Morgan fingerprint density at radius 2 is 2.18 bits per heavy atom. The van der Waals surface area contributed by atoms with Gasteiger partial charge >= 0.3 is 0 Å². The van der Waals surface area contributed by atoms with E-state index in [1.165, 1.54) is 4.90 Å². The Morgan fingerprint density at radius 1 is 1.41 bits per heavy atom. The van der Waals surface area contributed by atoms with Gasteiger partial charge in [-0.25, -0.2) is 0 Å². The molecule has 0 aliphatic carbocycles. The minimum atomic E-state index is -0.572. The van der Waals surface area contributed by atoms with Gasteiger partial charge in [-0.05, 0) is 25.0 Å². The largest absolute Gasteiger partial charge is 0.478 e. The number of unbranched alkanes of at least 4 members (excludes halogenated alkanes) is 1. The number of hydrogen-bond donors (Lipinski definition) is 2. The Morgan fingerprint density at radius 3 is 2.86 bits per heavy atom. The Hall–Kier alpha value is -2.24. The predicted molar refractivity (Wildman–Crippen MR) is 85.8 cm³/mol. The minimum Gasteiger partial charge on any atom is -0.478 e. The van der Waals surface area contributed by atoms with Crippen LogP contribution < -0.4 is 20.7 Å². The molecule has 0 spiro atoms. The molecule has 1 unspecified atom stereocenters. The van der Waals surface area contributed by atoms with Crippen molar-refractivity contribution in [3.63, 3.8) is 0 Å². The van der Waals surface area contributed by atoms with Crippen molar-refractivity contribution in [2.24, 2.45) is 0 Å². The third-order valence-corrected chi connectivity index (χ3v) is 3.64. The van der Waals surface area contributed by atoms with Gasteiger partial charge in [-0.3, -0.25) is 14.5 Å². The van der Waals surface area contributed by atoms with Gasteiger partial charge in [0.2, 0.25) is 5.91 Å². The number of amides is 2. The fourth-order valence-corrected chi connectivity index (χ4v) is 2.43. The van der Waals surface area contributed by atoms with E-state index in [0.717, 1.165) is 12.8 Å². The summed E-state index contributed by atoms with van der Waals surface area (Å²) in [6.45, 7) is 4.51. The molecule has 2 rings (SSSR count). The van der Waals surface area contributed by atoms with Gasteiger partial charge in [0.1, 0.15) is 18.0 Å². The third-order valence-electron chi connectivity index (χ3n) is 3.64. The predicted octanol–water partition coefficient (Wildman–Crippen LogP) is 1.69. The maximum Gasteiger partial charge on any atom is 0.268 e. The topological polar surface area (TPSA) is 84.7 Å². The van der Waals surface area contributed by atoms with Gasteiger partial charge in [0.15, 0.2) is 6.10 Å². The van der Waals surface area contributed by atoms with E-state index in [9.17, 15) is 9.59 Å². The number of rotatable bonds is 6. The number of anilines is 2. The second-order valence-electron chi connectivity index (χ2n) is 5.34. The summed E-state index contributed by atoms with van der Waals surface area (Å²) < 4.78 is 5.68. The van der Waals surface area contributed by atoms with Crippen molar-refractivity contribution in [2.75, 3.05) is 23.7 Å². The Kier molecular flexibility index (Phi) is 5.25. The highest BCUT2D eigenvalue weighted by Gasteiger charge is 2.35. The van der Waals surface area contributed by atoms with Gasteiger partial charge in [-0.2, -0.15) is 0 Å². The normalized spacial score (nSPS) is 16.9. The molecule has 6 heteroatoms. The number of benzene rings is 1. The Balaban J connectivity index is 2.21. The van der Waals surface area contributed by atoms with Gasteiger partial charge in [0.25, 0.3) is 5.91 Å². The molecule has 0 aromatic heterocycles. The number of hydrogen-bond acceptors (Lipinski definition) is 4. The number of nitrogen functional groups attached to an aromatic ring is 1. The SMILES string of the molecule is CCCCNC(=O)CN1C(=O)C(CC)Oc2cccc(N)c21. The standard InChI is InChI=1S/C16H23N3O3/c1-3-5-9-18-14(20)10-19-15-11(17)7-6-8-13(15)22-12(4-2)16(19)21/h6-8,12H,3-5,9-10,17H2,1-2H3,(H,18,20). The number of nitrogens with one attached hydrogen (secondary N) is 1. The fourth-order valence-electron chi connectivity index (χ4n) is 2.43. The average molecular weight is 305 g/mol. The first kappa shape index (κ1) is 16.1. The quantitative estimate of drug-likeness (QED) is 0.619. The molecule has 1 aliphatic heterocycles. The van der Waals surface area contributed by atoms with E-state index >= 15 is 0 Å². The molecule has 0 radical (unpaired) electrons. The van der Waals surface area contributed by atoms with E-state index in [-0.39, 0.29) is 18.4 Å². The molecule has 6 nitrogen and oxygen atoms in total. The zero-order valence-corrected chi connectivity index (χ0v) is 13.1. The van der Waals surface area contributed by atoms with E-state index < -0.39 is 6.10 Å². The number of nitrogens with zero attached hydrogens (tertiary/aromatic N) is 1. The molecule has 120 valence electrons. The monoisotopic (exact) mass is 305 g/mol. The zero-order valence-electron chi connectivity index (χ0n) is 13.1. The van der Waals surface area contributed by atoms with E-state index in [2.05, 4.69) is 12.2 Å². The summed E-state index contributed by atoms with van der Waals surface area (Å²) in [6, 6.07) is 5.24. The first-order valence-corrected chi connectivity index (χ1v) is 7.71. The Labute approximate surface area is 130 Å². The van der Waals surface area contributed by atoms with Crippen molar-refractivity contribution in [1.29, 1.82) is 0 Å². The zero-order chi connectivity index (χ0) is 16.1. The van der Waals surface area contributed by atoms with Crippen LogP contribution in [0.25, 0.3) is 0 Å². The van der Waals surface area contributed by atoms with Crippen molar-refractivity contribution in [2.45, 2.75) is 39.2 Å². The van der Waals surface area contributed by atoms with Crippen LogP contribution in [0.1, 0.15) is 33.1 Å². The molecule has 0 fully saturated rings. The molecule has 0 bridgehead atoms. The van der Waals surface area contributed by atoms with Gasteiger partial charge < -0.3 is 15.8 Å². The van der Waals surface area contributed by atoms with Gasteiger partial charge in [0.05, 0.1) is 5.69 Å². The van der Waals surface area contributed by atoms with Crippen molar-refractivity contribution in [3.8, 4) is 5.75 Å². The van der Waals surface area contributed by atoms with Crippen LogP contribution in [0.5, 0.6) is 5.75 Å². The summed E-state index contributed by atoms with van der Waals surface area (Å²) in [4.78, 5) is 26.0. The lowest BCUT2D eigenvalue weighted by atomic mass is 10.1. The molecule has 1 heterocycles. The minimum absolute atomic E-state index is 0.0381. The van der Waals surface area contributed by atoms with Crippen LogP contribution in [-0.2, 0) is 9.59 Å². The lowest BCUT2D eigenvalue weighted by molar-refractivity contribution is -0.129. The maximum absolute atomic E-state index is 12.5. The second-order valence-corrected chi connectivity index (χ2v) is 5.34. The first-order valence-electron chi connectivity index (χ1n) is 7.71. The van der Waals surface area contributed by atoms with Crippen LogP contribution in [0.15, 0.2) is 18.2 Å². The average Bonchev–Trinajstić information content (AvgIpc) is 2.50. The maximum atomic E-state index is 12.5. The highest BCUT2D eigenvalue weighted by Crippen LogP contribution is 2.39. The summed E-state index contributed by atoms with van der Waals surface area (Å²) in [7, 11) is 0. The van der Waals surface area contributed by atoms with E-state index in [1.807, 2.05) is 6.92 Å². The van der Waals surface area contributed by atoms with E-state index in [1.54, 1.807) is 18.2 Å². The molecule has 1 atom stereocenters. The van der Waals surface area contributed by atoms with Crippen LogP contribution in [-0.4, -0.2) is 31.0 Å². The highest BCUT2D eigenvalue weighted by molar-refractivity contribution is 6.06. The summed E-state index contributed by atoms with van der Waals surface area (Å²) in [5.74, 6) is 0.138. The molecule has 0 saturated heterocycles. The van der Waals surface area contributed by atoms with Crippen molar-refractivity contribution < 1.29 is 14.3 Å². The van der Waals surface area contributed by atoms with E-state index in [4.69, 9.17) is 10.5 Å². The molecule has 1 aromatic rings. The molecule has 22 heavy (non-hydrogen) atoms. The van der Waals surface area contributed by atoms with Crippen LogP contribution in [0, 0.1) is 0 Å². The molecular weight excluding hydrogens is 282 g/mol. The summed E-state index contributed by atoms with van der Waals surface area (Å²) in [5.41, 5.74) is 6.89. The molecule has 2 amide bonds. The van der Waals surface area contributed by atoms with Crippen molar-refractivity contribution in [3.05, 3.63) is 18.2 Å². The number of carbonyl (C=O) groups is 2. The second kappa shape index (κ2) is 7.15. The number of para-hydroxylation sites is 1. The van der Waals surface area contributed by atoms with Crippen LogP contribution in [0.4, 0.5) is 11.4 Å². The third kappa shape index (κ3) is 3.32. The molecular formula is C16H23N3O3. The van der Waals surface area contributed by atoms with E-state index in [0.29, 0.717) is 30.1 Å². The molecule has 0 saturated carbocycles. The molecule has 1 aromatic carbocycles. The van der Waals surface area contributed by atoms with Gasteiger partial charge in [-0.15, -0.1) is 0 Å². The Bertz CT molecular complexity index is 560. The van der Waals surface area contributed by atoms with Gasteiger partial charge in [0, 0.05) is 6.54 Å². The van der Waals surface area contributed by atoms with Crippen LogP contribution in [0.2, 0.25) is 0 Å². The fraction of sp³-hybridized carbons (Fsp3) is 0.500. The molecule has 3 N–H and O–H groups in total. The lowest BCUT2D eigenvalue weighted by Crippen LogP contribution is -2.50. The first-order chi connectivity index (χ1) is 10.6. The van der Waals surface area contributed by atoms with Crippen molar-refractivity contribution in [1.82, 2.24) is 5.32 Å². The van der Waals surface area contributed by atoms with Crippen molar-refractivity contribution >= 4 is 23.2 Å².